The topological polar surface area (TPSA) is 164 Å². The fraction of sp³-hybridized carbons (Fsp3) is 0.294. The average molecular weight is 412 g/mol. The molecule has 1 amide bonds. The number of halogens is 1. The Kier molecular flexibility index (Phi) is 8.74. The third kappa shape index (κ3) is 5.36. The van der Waals surface area contributed by atoms with Crippen LogP contribution in [0.15, 0.2) is 30.6 Å². The molecule has 1 aromatic carbocycles. The van der Waals surface area contributed by atoms with Crippen LogP contribution in [0.1, 0.15) is 10.5 Å². The molecular weight excluding hydrogens is 390 g/mol. The number of amides is 1. The first-order chi connectivity index (χ1) is 12.9. The van der Waals surface area contributed by atoms with Gasteiger partial charge in [0, 0.05) is 5.39 Å². The molecule has 3 rings (SSSR count). The second-order valence-electron chi connectivity index (χ2n) is 5.70. The fourth-order valence-corrected chi connectivity index (χ4v) is 2.53. The monoisotopic (exact) mass is 411 g/mol. The zero-order valence-electron chi connectivity index (χ0n) is 15.1. The highest BCUT2D eigenvalue weighted by atomic mass is 35.5. The van der Waals surface area contributed by atoms with Crippen LogP contribution in [0.2, 0.25) is 0 Å². The number of rotatable bonds is 6. The summed E-state index contributed by atoms with van der Waals surface area (Å²) in [6, 6.07) is 7.31. The van der Waals surface area contributed by atoms with Crippen LogP contribution >= 0.6 is 12.4 Å². The second kappa shape index (κ2) is 10.5. The minimum Gasteiger partial charge on any atom is -0.480 e. The Bertz CT molecular complexity index is 962. The van der Waals surface area contributed by atoms with E-state index in [1.165, 1.54) is 6.33 Å². The van der Waals surface area contributed by atoms with Crippen LogP contribution in [0.3, 0.4) is 0 Å². The number of hydrogen-bond donors (Lipinski definition) is 5. The van der Waals surface area contributed by atoms with Crippen molar-refractivity contribution < 1.29 is 24.9 Å². The van der Waals surface area contributed by atoms with E-state index >= 15 is 0 Å². The Morgan fingerprint density at radius 2 is 2.00 bits per heavy atom. The summed E-state index contributed by atoms with van der Waals surface area (Å²) >= 11 is 0. The number of aromatic nitrogens is 3. The lowest BCUT2D eigenvalue weighted by atomic mass is 10.1. The van der Waals surface area contributed by atoms with Crippen LogP contribution in [-0.2, 0) is 11.3 Å². The van der Waals surface area contributed by atoms with Crippen molar-refractivity contribution >= 4 is 46.2 Å². The van der Waals surface area contributed by atoms with Crippen molar-refractivity contribution in [1.29, 1.82) is 0 Å². The number of carboxylic acids is 1. The zero-order valence-corrected chi connectivity index (χ0v) is 15.9. The van der Waals surface area contributed by atoms with E-state index in [-0.39, 0.29) is 37.8 Å². The number of carbonyl (C=O) groups excluding carboxylic acids is 1. The highest BCUT2D eigenvalue weighted by molar-refractivity contribution is 6.11. The number of nitrogens with zero attached hydrogens (tertiary/aromatic N) is 3. The van der Waals surface area contributed by atoms with Gasteiger partial charge in [0.25, 0.3) is 5.91 Å². The largest absolute Gasteiger partial charge is 0.480 e. The maximum Gasteiger partial charge on any atom is 0.317 e. The first kappa shape index (κ1) is 23.2. The molecule has 2 aromatic heterocycles. The molecule has 0 fully saturated rings. The smallest absolute Gasteiger partial charge is 0.317 e. The lowest BCUT2D eigenvalue weighted by Gasteiger charge is -2.11. The molecule has 0 saturated heterocycles. The highest BCUT2D eigenvalue weighted by Gasteiger charge is 2.18. The molecular formula is C17H22ClN5O5. The number of nitrogens with two attached hydrogens (primary N) is 1. The molecule has 0 aliphatic heterocycles. The molecule has 0 saturated carbocycles. The Morgan fingerprint density at radius 3 is 2.54 bits per heavy atom. The first-order valence-electron chi connectivity index (χ1n) is 8.07. The summed E-state index contributed by atoms with van der Waals surface area (Å²) in [6.45, 7) is -0.148. The van der Waals surface area contributed by atoms with E-state index in [2.05, 4.69) is 15.3 Å². The van der Waals surface area contributed by atoms with Crippen molar-refractivity contribution in [2.45, 2.75) is 12.6 Å². The van der Waals surface area contributed by atoms with Crippen LogP contribution in [0, 0.1) is 0 Å². The number of aliphatic carboxylic acids is 1. The number of aliphatic hydroxyl groups excluding tert-OH is 2. The van der Waals surface area contributed by atoms with Crippen LogP contribution in [0.4, 0.5) is 0 Å². The van der Waals surface area contributed by atoms with Gasteiger partial charge in [-0.1, -0.05) is 18.2 Å². The molecule has 1 atom stereocenters. The molecule has 152 valence electrons. The summed E-state index contributed by atoms with van der Waals surface area (Å²) in [4.78, 5) is 29.5. The van der Waals surface area contributed by atoms with Gasteiger partial charge in [-0.05, 0) is 13.1 Å². The molecule has 0 bridgehead atoms. The molecule has 0 aliphatic rings. The van der Waals surface area contributed by atoms with E-state index in [1.807, 2.05) is 18.2 Å². The molecule has 28 heavy (non-hydrogen) atoms. The normalized spacial score (nSPS) is 11.4. The van der Waals surface area contributed by atoms with E-state index in [0.29, 0.717) is 16.6 Å². The molecule has 11 heteroatoms. The summed E-state index contributed by atoms with van der Waals surface area (Å²) < 4.78 is 1.69. The lowest BCUT2D eigenvalue weighted by molar-refractivity contribution is -0.135. The van der Waals surface area contributed by atoms with E-state index in [9.17, 15) is 14.7 Å². The lowest BCUT2D eigenvalue weighted by Crippen LogP contribution is -2.19. The van der Waals surface area contributed by atoms with Gasteiger partial charge in [0.05, 0.1) is 43.2 Å². The maximum atomic E-state index is 11.6. The van der Waals surface area contributed by atoms with Crippen LogP contribution in [-0.4, -0.2) is 68.0 Å². The first-order valence-corrected chi connectivity index (χ1v) is 8.07. The summed E-state index contributed by atoms with van der Waals surface area (Å²) in [5, 5.41) is 29.7. The summed E-state index contributed by atoms with van der Waals surface area (Å²) in [6.07, 6.45) is 0.593. The van der Waals surface area contributed by atoms with E-state index in [0.717, 1.165) is 5.39 Å². The number of aliphatic hydroxyl groups is 2. The van der Waals surface area contributed by atoms with Gasteiger partial charge in [-0.2, -0.15) is 0 Å². The van der Waals surface area contributed by atoms with Gasteiger partial charge in [-0.3, -0.25) is 9.59 Å². The van der Waals surface area contributed by atoms with Crippen molar-refractivity contribution in [3.63, 3.8) is 0 Å². The SMILES string of the molecule is CNCC(=O)O.Cl.NC(=O)c1nc2ccccc2c2c1ncn2CC(O)CO. The van der Waals surface area contributed by atoms with E-state index < -0.39 is 18.0 Å². The van der Waals surface area contributed by atoms with Gasteiger partial charge in [0.1, 0.15) is 5.52 Å². The maximum absolute atomic E-state index is 11.6. The van der Waals surface area contributed by atoms with Crippen molar-refractivity contribution in [3.05, 3.63) is 36.3 Å². The molecule has 0 spiro atoms. The minimum absolute atomic E-state index is 0. The predicted octanol–water partition coefficient (Wildman–Crippen LogP) is -0.251. The Balaban J connectivity index is 0.000000492. The summed E-state index contributed by atoms with van der Waals surface area (Å²) in [5.41, 5.74) is 7.15. The van der Waals surface area contributed by atoms with Gasteiger partial charge < -0.3 is 30.9 Å². The Labute approximate surface area is 166 Å². The number of pyridine rings is 1. The quantitative estimate of drug-likeness (QED) is 0.370. The molecule has 10 nitrogen and oxygen atoms in total. The highest BCUT2D eigenvalue weighted by Crippen LogP contribution is 2.25. The van der Waals surface area contributed by atoms with Crippen molar-refractivity contribution in [3.8, 4) is 0 Å². The Hall–Kier alpha value is -2.79. The minimum atomic E-state index is -0.911. The molecule has 3 aromatic rings. The number of primary amides is 1. The number of imidazole rings is 1. The molecule has 6 N–H and O–H groups in total. The van der Waals surface area contributed by atoms with Gasteiger partial charge in [-0.15, -0.1) is 12.4 Å². The van der Waals surface area contributed by atoms with Gasteiger partial charge in [0.2, 0.25) is 0 Å². The van der Waals surface area contributed by atoms with E-state index in [4.69, 9.17) is 15.9 Å². The van der Waals surface area contributed by atoms with Crippen LogP contribution < -0.4 is 11.1 Å². The summed E-state index contributed by atoms with van der Waals surface area (Å²) in [7, 11) is 1.59. The van der Waals surface area contributed by atoms with Gasteiger partial charge >= 0.3 is 5.97 Å². The number of para-hydroxylation sites is 1. The van der Waals surface area contributed by atoms with Gasteiger partial charge in [0.15, 0.2) is 5.69 Å². The molecule has 1 unspecified atom stereocenters. The molecule has 0 radical (unpaired) electrons. The van der Waals surface area contributed by atoms with E-state index in [1.54, 1.807) is 17.7 Å². The third-order valence-corrected chi connectivity index (χ3v) is 3.63. The average Bonchev–Trinajstić information content (AvgIpc) is 3.05. The van der Waals surface area contributed by atoms with Gasteiger partial charge in [-0.25, -0.2) is 9.97 Å². The van der Waals surface area contributed by atoms with Crippen LogP contribution in [0.25, 0.3) is 21.9 Å². The predicted molar refractivity (Wildman–Crippen MR) is 105 cm³/mol. The molecule has 2 heterocycles. The number of nitrogens with one attached hydrogen (secondary N) is 1. The molecule has 0 aliphatic carbocycles. The third-order valence-electron chi connectivity index (χ3n) is 3.63. The van der Waals surface area contributed by atoms with Crippen molar-refractivity contribution in [2.24, 2.45) is 5.73 Å². The summed E-state index contributed by atoms with van der Waals surface area (Å²) in [5.74, 6) is -1.48. The number of hydrogen-bond acceptors (Lipinski definition) is 7. The Morgan fingerprint density at radius 1 is 1.32 bits per heavy atom. The number of carbonyl (C=O) groups is 2. The fourth-order valence-electron chi connectivity index (χ4n) is 2.53. The van der Waals surface area contributed by atoms with Crippen LogP contribution in [0.5, 0.6) is 0 Å². The van der Waals surface area contributed by atoms with Crippen molar-refractivity contribution in [2.75, 3.05) is 20.2 Å². The number of fused-ring (bicyclic) bond motifs is 3. The number of benzene rings is 1. The second-order valence-corrected chi connectivity index (χ2v) is 5.70. The zero-order chi connectivity index (χ0) is 20.0. The number of likely N-dealkylation sites (N-methyl/N-ethyl adjacent to an activating group) is 1. The van der Waals surface area contributed by atoms with Crippen molar-refractivity contribution in [1.82, 2.24) is 19.9 Å². The number of carboxylic acid groups (broad SMARTS) is 1. The standard InChI is InChI=1S/C14H14N4O3.C3H7NO2.ClH/c15-14(21)12-11-13(9-3-1-2-4-10(9)17-12)18(7-16-11)5-8(20)6-19;1-4-2-3(5)6;/h1-4,7-8,19-20H,5-6H2,(H2,15,21);4H,2H2,1H3,(H,5,6);1H.